The van der Waals surface area contributed by atoms with Gasteiger partial charge in [-0.25, -0.2) is 0 Å². The van der Waals surface area contributed by atoms with Gasteiger partial charge in [0.15, 0.2) is 0 Å². The van der Waals surface area contributed by atoms with E-state index < -0.39 is 0 Å². The van der Waals surface area contributed by atoms with E-state index in [0.29, 0.717) is 6.10 Å². The lowest BCUT2D eigenvalue weighted by Crippen LogP contribution is -2.12. The number of rotatable bonds is 4. The molecule has 0 spiro atoms. The monoisotopic (exact) mass is 269 g/mol. The maximum absolute atomic E-state index is 5.84. The third-order valence-corrected chi connectivity index (χ3v) is 3.18. The zero-order valence-electron chi connectivity index (χ0n) is 9.00. The summed E-state index contributed by atoms with van der Waals surface area (Å²) in [4.78, 5) is 4.37. The van der Waals surface area contributed by atoms with E-state index in [4.69, 9.17) is 4.74 Å². The van der Waals surface area contributed by atoms with Gasteiger partial charge in [-0.3, -0.25) is 4.98 Å². The van der Waals surface area contributed by atoms with Gasteiger partial charge < -0.3 is 4.74 Å². The quantitative estimate of drug-likeness (QED) is 0.778. The van der Waals surface area contributed by atoms with Crippen LogP contribution in [0.4, 0.5) is 0 Å². The predicted molar refractivity (Wildman–Crippen MR) is 64.2 cm³/mol. The van der Waals surface area contributed by atoms with Crippen molar-refractivity contribution >= 4 is 15.9 Å². The first-order valence-corrected chi connectivity index (χ1v) is 6.40. The number of aromatic nitrogens is 1. The van der Waals surface area contributed by atoms with Crippen molar-refractivity contribution in [3.05, 3.63) is 22.4 Å². The molecule has 0 aliphatic carbocycles. The number of hydrogen-bond acceptors (Lipinski definition) is 2. The molecule has 2 rings (SSSR count). The van der Waals surface area contributed by atoms with Gasteiger partial charge in [-0.2, -0.15) is 0 Å². The molecule has 1 aromatic heterocycles. The Morgan fingerprint density at radius 2 is 2.40 bits per heavy atom. The van der Waals surface area contributed by atoms with Crippen molar-refractivity contribution in [2.45, 2.75) is 45.1 Å². The molecule has 15 heavy (non-hydrogen) atoms. The molecule has 0 fully saturated rings. The van der Waals surface area contributed by atoms with Crippen LogP contribution in [0.1, 0.15) is 38.3 Å². The number of unbranched alkanes of at least 4 members (excludes halogenated alkanes) is 2. The van der Waals surface area contributed by atoms with Gasteiger partial charge in [-0.15, -0.1) is 0 Å². The Hall–Kier alpha value is -0.570. The van der Waals surface area contributed by atoms with Crippen molar-refractivity contribution < 1.29 is 4.74 Å². The zero-order chi connectivity index (χ0) is 10.7. The molecule has 2 heterocycles. The lowest BCUT2D eigenvalue weighted by Gasteiger charge is -2.09. The summed E-state index contributed by atoms with van der Waals surface area (Å²) in [6.45, 7) is 2.23. The molecule has 0 aromatic carbocycles. The van der Waals surface area contributed by atoms with Gasteiger partial charge in [-0.1, -0.05) is 19.8 Å². The fourth-order valence-corrected chi connectivity index (χ4v) is 2.23. The summed E-state index contributed by atoms with van der Waals surface area (Å²) in [6.07, 6.45) is 8.16. The summed E-state index contributed by atoms with van der Waals surface area (Å²) in [5.41, 5.74) is 1.11. The molecule has 82 valence electrons. The normalized spacial score (nSPS) is 18.7. The van der Waals surface area contributed by atoms with E-state index in [9.17, 15) is 0 Å². The minimum atomic E-state index is 0.355. The summed E-state index contributed by atoms with van der Waals surface area (Å²) in [5, 5.41) is 0. The van der Waals surface area contributed by atoms with Gasteiger partial charge in [0.2, 0.25) is 0 Å². The second-order valence-electron chi connectivity index (χ2n) is 4.04. The molecule has 0 bridgehead atoms. The number of fused-ring (bicyclic) bond motifs is 1. The Labute approximate surface area is 99.2 Å². The topological polar surface area (TPSA) is 22.1 Å². The average Bonchev–Trinajstić information content (AvgIpc) is 2.60. The maximum Gasteiger partial charge on any atom is 0.142 e. The summed E-state index contributed by atoms with van der Waals surface area (Å²) in [7, 11) is 0. The number of hydrogen-bond donors (Lipinski definition) is 0. The minimum absolute atomic E-state index is 0.355. The van der Waals surface area contributed by atoms with Crippen LogP contribution in [0.2, 0.25) is 0 Å². The fraction of sp³-hybridized carbons (Fsp3) is 0.583. The number of nitrogens with zero attached hydrogens (tertiary/aromatic N) is 1. The van der Waals surface area contributed by atoms with E-state index in [1.54, 1.807) is 0 Å². The molecule has 0 saturated heterocycles. The van der Waals surface area contributed by atoms with E-state index >= 15 is 0 Å². The van der Waals surface area contributed by atoms with E-state index in [1.807, 2.05) is 12.3 Å². The van der Waals surface area contributed by atoms with Crippen LogP contribution in [0, 0.1) is 0 Å². The van der Waals surface area contributed by atoms with E-state index in [1.165, 1.54) is 19.3 Å². The minimum Gasteiger partial charge on any atom is -0.488 e. The van der Waals surface area contributed by atoms with Crippen LogP contribution >= 0.6 is 15.9 Å². The van der Waals surface area contributed by atoms with Crippen molar-refractivity contribution in [3.63, 3.8) is 0 Å². The first-order valence-electron chi connectivity index (χ1n) is 5.60. The van der Waals surface area contributed by atoms with Crippen molar-refractivity contribution in [2.75, 3.05) is 0 Å². The highest BCUT2D eigenvalue weighted by molar-refractivity contribution is 9.10. The van der Waals surface area contributed by atoms with E-state index in [-0.39, 0.29) is 0 Å². The van der Waals surface area contributed by atoms with Gasteiger partial charge in [0.05, 0.1) is 5.69 Å². The molecule has 1 unspecified atom stereocenters. The van der Waals surface area contributed by atoms with Gasteiger partial charge in [0.1, 0.15) is 11.9 Å². The van der Waals surface area contributed by atoms with Crippen LogP contribution in [0.15, 0.2) is 16.7 Å². The van der Waals surface area contributed by atoms with Gasteiger partial charge in [0.25, 0.3) is 0 Å². The van der Waals surface area contributed by atoms with Gasteiger partial charge in [0, 0.05) is 17.1 Å². The third kappa shape index (κ3) is 2.71. The van der Waals surface area contributed by atoms with Crippen LogP contribution < -0.4 is 4.74 Å². The Bertz CT molecular complexity index is 340. The molecule has 1 aliphatic heterocycles. The Kier molecular flexibility index (Phi) is 3.62. The lowest BCUT2D eigenvalue weighted by molar-refractivity contribution is 0.216. The Morgan fingerprint density at radius 3 is 3.20 bits per heavy atom. The number of pyridine rings is 1. The SMILES string of the molecule is CCCCCC1Cc2ncc(Br)cc2O1. The third-order valence-electron chi connectivity index (χ3n) is 2.74. The number of ether oxygens (including phenoxy) is 1. The van der Waals surface area contributed by atoms with Gasteiger partial charge in [-0.05, 0) is 34.8 Å². The van der Waals surface area contributed by atoms with Crippen LogP contribution in [-0.2, 0) is 6.42 Å². The molecule has 1 atom stereocenters. The maximum atomic E-state index is 5.84. The number of halogens is 1. The fourth-order valence-electron chi connectivity index (χ4n) is 1.92. The summed E-state index contributed by atoms with van der Waals surface area (Å²) in [5.74, 6) is 0.964. The standard InChI is InChI=1S/C12H16BrNO/c1-2-3-4-5-10-7-11-12(15-10)6-9(13)8-14-11/h6,8,10H,2-5,7H2,1H3. The Morgan fingerprint density at radius 1 is 1.53 bits per heavy atom. The summed E-state index contributed by atoms with van der Waals surface area (Å²) in [6, 6.07) is 2.02. The second-order valence-corrected chi connectivity index (χ2v) is 4.95. The molecule has 2 nitrogen and oxygen atoms in total. The summed E-state index contributed by atoms with van der Waals surface area (Å²) >= 11 is 3.41. The highest BCUT2D eigenvalue weighted by Crippen LogP contribution is 2.31. The first kappa shape index (κ1) is 10.9. The molecule has 0 saturated carbocycles. The molecular formula is C12H16BrNO. The zero-order valence-corrected chi connectivity index (χ0v) is 10.6. The van der Waals surface area contributed by atoms with Crippen molar-refractivity contribution in [1.82, 2.24) is 4.98 Å². The smallest absolute Gasteiger partial charge is 0.142 e. The Balaban J connectivity index is 1.91. The highest BCUT2D eigenvalue weighted by Gasteiger charge is 2.23. The van der Waals surface area contributed by atoms with Crippen LogP contribution in [0.3, 0.4) is 0 Å². The summed E-state index contributed by atoms with van der Waals surface area (Å²) < 4.78 is 6.84. The second kappa shape index (κ2) is 4.97. The van der Waals surface area contributed by atoms with Crippen LogP contribution in [-0.4, -0.2) is 11.1 Å². The average molecular weight is 270 g/mol. The molecule has 3 heteroatoms. The predicted octanol–water partition coefficient (Wildman–Crippen LogP) is 3.73. The first-order chi connectivity index (χ1) is 7.29. The van der Waals surface area contributed by atoms with Gasteiger partial charge >= 0.3 is 0 Å². The molecular weight excluding hydrogens is 254 g/mol. The van der Waals surface area contributed by atoms with E-state index in [2.05, 4.69) is 27.8 Å². The van der Waals surface area contributed by atoms with Crippen molar-refractivity contribution in [1.29, 1.82) is 0 Å². The molecule has 0 N–H and O–H groups in total. The van der Waals surface area contributed by atoms with Crippen LogP contribution in [0.25, 0.3) is 0 Å². The van der Waals surface area contributed by atoms with Crippen LogP contribution in [0.5, 0.6) is 5.75 Å². The highest BCUT2D eigenvalue weighted by atomic mass is 79.9. The molecule has 1 aliphatic rings. The van der Waals surface area contributed by atoms with E-state index in [0.717, 1.165) is 28.8 Å². The largest absolute Gasteiger partial charge is 0.488 e. The van der Waals surface area contributed by atoms with Crippen molar-refractivity contribution in [3.8, 4) is 5.75 Å². The molecule has 1 aromatic rings. The lowest BCUT2D eigenvalue weighted by atomic mass is 10.1. The molecule has 0 radical (unpaired) electrons. The molecule has 0 amide bonds. The van der Waals surface area contributed by atoms with Crippen molar-refractivity contribution in [2.24, 2.45) is 0 Å².